The zero-order valence-corrected chi connectivity index (χ0v) is 24.6. The summed E-state index contributed by atoms with van der Waals surface area (Å²) < 4.78 is 0. The number of carbonyl (C=O) groups excluding carboxylic acids is 4. The van der Waals surface area contributed by atoms with Crippen molar-refractivity contribution in [2.24, 2.45) is 23.7 Å². The number of aromatic hydroxyl groups is 1. The lowest BCUT2D eigenvalue weighted by Crippen LogP contribution is -2.53. The molecule has 3 N–H and O–H groups in total. The van der Waals surface area contributed by atoms with Crippen molar-refractivity contribution in [3.8, 4) is 5.75 Å². The van der Waals surface area contributed by atoms with E-state index in [1.54, 1.807) is 6.07 Å². The minimum Gasteiger partial charge on any atom is -0.507 e. The Hall–Kier alpha value is -5.24. The average Bonchev–Trinajstić information content (AvgIpc) is 3.47. The number of aryl methyl sites for hydroxylation is 1. The van der Waals surface area contributed by atoms with Crippen molar-refractivity contribution in [3.63, 3.8) is 0 Å². The topological polar surface area (TPSA) is 116 Å². The van der Waals surface area contributed by atoms with Gasteiger partial charge in [0.1, 0.15) is 5.75 Å². The molecule has 4 aromatic rings. The van der Waals surface area contributed by atoms with Crippen molar-refractivity contribution in [2.45, 2.75) is 31.1 Å². The quantitative estimate of drug-likeness (QED) is 0.222. The molecule has 0 unspecified atom stereocenters. The Balaban J connectivity index is 1.41. The highest BCUT2D eigenvalue weighted by Gasteiger charge is 2.70. The van der Waals surface area contributed by atoms with Crippen LogP contribution in [0.1, 0.15) is 35.4 Å². The van der Waals surface area contributed by atoms with Crippen LogP contribution in [-0.4, -0.2) is 33.7 Å². The lowest BCUT2D eigenvalue weighted by atomic mass is 9.49. The number of rotatable bonds is 4. The molecular weight excluding hydrogens is 566 g/mol. The number of anilines is 1. The summed E-state index contributed by atoms with van der Waals surface area (Å²) in [5.41, 5.74) is 5.79. The fraction of sp³-hybridized carbons (Fsp3) is 0.243. The zero-order valence-electron chi connectivity index (χ0n) is 24.6. The lowest BCUT2D eigenvalue weighted by molar-refractivity contribution is -0.138. The van der Waals surface area contributed by atoms with E-state index >= 15 is 4.79 Å². The molecule has 2 heterocycles. The van der Waals surface area contributed by atoms with Crippen LogP contribution in [0.25, 0.3) is 10.8 Å². The van der Waals surface area contributed by atoms with Crippen LogP contribution in [0.2, 0.25) is 0 Å². The van der Waals surface area contributed by atoms with Gasteiger partial charge in [-0.3, -0.25) is 29.9 Å². The van der Waals surface area contributed by atoms with Gasteiger partial charge in [-0.1, -0.05) is 90.0 Å². The molecule has 2 aliphatic carbocycles. The molecule has 1 saturated carbocycles. The number of benzene rings is 4. The standard InChI is InChI=1S/C37H31N3O5/c1-20-11-13-22(14-12-20)39-40-35(44)29-19-28-26(15-16-27-31(28)34(43)38-33(27)42)32(37(29,36(40)45)21-7-3-2-4-8-21)25-17-18-30(41)24-10-6-5-9-23(24)25/h2-15,17-18,27-29,31-32,39,41H,16,19H2,1H3,(H,38,42,43)/t27-,28+,29-,31-,32-,37+/m0/s1. The second-order valence-electron chi connectivity index (χ2n) is 12.7. The smallest absolute Gasteiger partial charge is 0.260 e. The van der Waals surface area contributed by atoms with Crippen LogP contribution in [0.15, 0.2) is 103 Å². The normalized spacial score (nSPS) is 28.8. The minimum atomic E-state index is -1.36. The Morgan fingerprint density at radius 3 is 2.29 bits per heavy atom. The van der Waals surface area contributed by atoms with E-state index in [0.717, 1.165) is 27.1 Å². The van der Waals surface area contributed by atoms with Crippen LogP contribution in [0.4, 0.5) is 5.69 Å². The van der Waals surface area contributed by atoms with Crippen molar-refractivity contribution in [2.75, 3.05) is 5.43 Å². The SMILES string of the molecule is Cc1ccc(NN2C(=O)[C@@H]3C[C@@H]4C(=CC[C@@H]5C(=O)NC(=O)[C@@H]54)[C@H](c4ccc(O)c5ccccc45)[C@]3(c3ccccc3)C2=O)cc1. The van der Waals surface area contributed by atoms with Gasteiger partial charge in [0.2, 0.25) is 11.8 Å². The molecule has 6 atom stereocenters. The summed E-state index contributed by atoms with van der Waals surface area (Å²) in [6, 6.07) is 27.9. The number of nitrogens with zero attached hydrogens (tertiary/aromatic N) is 1. The number of hydrazine groups is 1. The summed E-state index contributed by atoms with van der Waals surface area (Å²) >= 11 is 0. The number of amides is 4. The maximum Gasteiger partial charge on any atom is 0.260 e. The average molecular weight is 598 g/mol. The summed E-state index contributed by atoms with van der Waals surface area (Å²) in [7, 11) is 0. The summed E-state index contributed by atoms with van der Waals surface area (Å²) in [5, 5.41) is 15.9. The highest BCUT2D eigenvalue weighted by molar-refractivity contribution is 6.13. The number of allylic oxidation sites excluding steroid dienone is 2. The van der Waals surface area contributed by atoms with E-state index in [1.165, 1.54) is 0 Å². The Morgan fingerprint density at radius 1 is 0.822 bits per heavy atom. The van der Waals surface area contributed by atoms with Gasteiger partial charge in [-0.05, 0) is 60.4 Å². The summed E-state index contributed by atoms with van der Waals surface area (Å²) in [6.45, 7) is 1.97. The van der Waals surface area contributed by atoms with Crippen molar-refractivity contribution >= 4 is 40.1 Å². The van der Waals surface area contributed by atoms with Crippen molar-refractivity contribution in [1.29, 1.82) is 0 Å². The molecule has 2 saturated heterocycles. The number of nitrogens with one attached hydrogen (secondary N) is 2. The van der Waals surface area contributed by atoms with E-state index in [0.29, 0.717) is 23.1 Å². The van der Waals surface area contributed by atoms with Crippen LogP contribution in [0.3, 0.4) is 0 Å². The van der Waals surface area contributed by atoms with Gasteiger partial charge in [0.05, 0.1) is 28.9 Å². The summed E-state index contributed by atoms with van der Waals surface area (Å²) in [6.07, 6.45) is 2.64. The van der Waals surface area contributed by atoms with Crippen molar-refractivity contribution < 1.29 is 24.3 Å². The monoisotopic (exact) mass is 597 g/mol. The first-order chi connectivity index (χ1) is 21.8. The van der Waals surface area contributed by atoms with E-state index in [1.807, 2.05) is 97.9 Å². The molecule has 4 aliphatic rings. The van der Waals surface area contributed by atoms with Gasteiger partial charge in [-0.15, -0.1) is 0 Å². The Kier molecular flexibility index (Phi) is 6.00. The molecule has 4 aromatic carbocycles. The van der Waals surface area contributed by atoms with E-state index in [4.69, 9.17) is 0 Å². The third-order valence-corrected chi connectivity index (χ3v) is 10.5. The Labute approximate surface area is 259 Å². The number of carbonyl (C=O) groups is 4. The molecule has 3 fully saturated rings. The maximum absolute atomic E-state index is 15.2. The number of fused-ring (bicyclic) bond motifs is 5. The number of imide groups is 2. The number of phenols is 1. The lowest BCUT2D eigenvalue weighted by Gasteiger charge is -2.51. The van der Waals surface area contributed by atoms with Gasteiger partial charge in [-0.25, -0.2) is 0 Å². The van der Waals surface area contributed by atoms with Gasteiger partial charge in [0.15, 0.2) is 0 Å². The predicted octanol–water partition coefficient (Wildman–Crippen LogP) is 5.13. The fourth-order valence-electron chi connectivity index (χ4n) is 8.56. The van der Waals surface area contributed by atoms with Gasteiger partial charge >= 0.3 is 0 Å². The molecule has 0 spiro atoms. The second kappa shape index (κ2) is 9.89. The first-order valence-electron chi connectivity index (χ1n) is 15.3. The molecule has 224 valence electrons. The number of hydrogen-bond acceptors (Lipinski definition) is 6. The largest absolute Gasteiger partial charge is 0.507 e. The predicted molar refractivity (Wildman–Crippen MR) is 168 cm³/mol. The van der Waals surface area contributed by atoms with Crippen LogP contribution in [0, 0.1) is 30.6 Å². The van der Waals surface area contributed by atoms with E-state index in [-0.39, 0.29) is 35.8 Å². The second-order valence-corrected chi connectivity index (χ2v) is 12.7. The van der Waals surface area contributed by atoms with E-state index in [2.05, 4.69) is 10.7 Å². The maximum atomic E-state index is 15.2. The number of hydrogen-bond donors (Lipinski definition) is 3. The first kappa shape index (κ1) is 27.3. The van der Waals surface area contributed by atoms with Gasteiger partial charge in [-0.2, -0.15) is 5.01 Å². The molecule has 8 rings (SSSR count). The molecule has 0 bridgehead atoms. The van der Waals surface area contributed by atoms with Crippen molar-refractivity contribution in [1.82, 2.24) is 10.3 Å². The molecule has 4 amide bonds. The fourth-order valence-corrected chi connectivity index (χ4v) is 8.56. The van der Waals surface area contributed by atoms with Crippen LogP contribution < -0.4 is 10.7 Å². The number of phenolic OH excluding ortho intramolecular Hbond substituents is 1. The van der Waals surface area contributed by atoms with Gasteiger partial charge < -0.3 is 5.11 Å². The molecule has 8 heteroatoms. The Bertz CT molecular complexity index is 1950. The zero-order chi connectivity index (χ0) is 31.0. The van der Waals surface area contributed by atoms with Gasteiger partial charge in [0.25, 0.3) is 11.8 Å². The third kappa shape index (κ3) is 3.78. The highest BCUT2D eigenvalue weighted by Crippen LogP contribution is 2.64. The summed E-state index contributed by atoms with van der Waals surface area (Å²) in [4.78, 5) is 56.0. The van der Waals surface area contributed by atoms with Gasteiger partial charge in [0, 0.05) is 11.3 Å². The summed E-state index contributed by atoms with van der Waals surface area (Å²) in [5.74, 6) is -4.29. The van der Waals surface area contributed by atoms with Crippen LogP contribution >= 0.6 is 0 Å². The molecule has 0 aromatic heterocycles. The Morgan fingerprint density at radius 2 is 1.53 bits per heavy atom. The highest BCUT2D eigenvalue weighted by atomic mass is 16.3. The van der Waals surface area contributed by atoms with Crippen LogP contribution in [0.5, 0.6) is 5.75 Å². The third-order valence-electron chi connectivity index (χ3n) is 10.5. The molecular formula is C37H31N3O5. The molecule has 2 aliphatic heterocycles. The molecule has 0 radical (unpaired) electrons. The van der Waals surface area contributed by atoms with E-state index < -0.39 is 35.0 Å². The molecule has 45 heavy (non-hydrogen) atoms. The minimum absolute atomic E-state index is 0.113. The van der Waals surface area contributed by atoms with Crippen molar-refractivity contribution in [3.05, 3.63) is 119 Å². The van der Waals surface area contributed by atoms with Crippen LogP contribution in [-0.2, 0) is 24.6 Å². The molecule has 8 nitrogen and oxygen atoms in total. The first-order valence-corrected chi connectivity index (χ1v) is 15.3. The van der Waals surface area contributed by atoms with E-state index in [9.17, 15) is 19.5 Å².